The first-order valence-corrected chi connectivity index (χ1v) is 6.86. The summed E-state index contributed by atoms with van der Waals surface area (Å²) < 4.78 is 48.3. The van der Waals surface area contributed by atoms with Crippen LogP contribution in [0.1, 0.15) is 42.1 Å². The topological polar surface area (TPSA) is 35.5 Å². The molecule has 0 aliphatic carbocycles. The van der Waals surface area contributed by atoms with Gasteiger partial charge in [0.1, 0.15) is 6.10 Å². The normalized spacial score (nSPS) is 21.0. The monoisotopic (exact) mass is 302 g/mol. The Balaban J connectivity index is 1.98. The molecule has 2 atom stereocenters. The van der Waals surface area contributed by atoms with Gasteiger partial charge < -0.3 is 9.47 Å². The highest BCUT2D eigenvalue weighted by Gasteiger charge is 2.30. The molecule has 1 aliphatic heterocycles. The molecule has 6 heteroatoms. The fourth-order valence-corrected chi connectivity index (χ4v) is 2.17. The smallest absolute Gasteiger partial charge is 0.353 e. The third-order valence-corrected chi connectivity index (χ3v) is 3.36. The van der Waals surface area contributed by atoms with Gasteiger partial charge in [-0.2, -0.15) is 13.2 Å². The Morgan fingerprint density at radius 3 is 2.48 bits per heavy atom. The van der Waals surface area contributed by atoms with Crippen molar-refractivity contribution >= 4 is 5.78 Å². The van der Waals surface area contributed by atoms with E-state index >= 15 is 0 Å². The van der Waals surface area contributed by atoms with E-state index in [0.29, 0.717) is 6.61 Å². The van der Waals surface area contributed by atoms with Gasteiger partial charge in [-0.1, -0.05) is 12.1 Å². The molecule has 0 N–H and O–H groups in total. The predicted molar refractivity (Wildman–Crippen MR) is 69.9 cm³/mol. The predicted octanol–water partition coefficient (Wildman–Crippen LogP) is 3.82. The van der Waals surface area contributed by atoms with Gasteiger partial charge in [-0.25, -0.2) is 0 Å². The molecule has 1 unspecified atom stereocenters. The maximum atomic E-state index is 12.5. The summed E-state index contributed by atoms with van der Waals surface area (Å²) in [6.07, 6.45) is -2.88. The van der Waals surface area contributed by atoms with Crippen molar-refractivity contribution in [2.75, 3.05) is 6.61 Å². The van der Waals surface area contributed by atoms with Crippen molar-refractivity contribution in [2.24, 2.45) is 0 Å². The molecule has 0 spiro atoms. The Bertz CT molecular complexity index is 476. The van der Waals surface area contributed by atoms with Crippen LogP contribution in [0.15, 0.2) is 24.3 Å². The Morgan fingerprint density at radius 1 is 1.29 bits per heavy atom. The van der Waals surface area contributed by atoms with Crippen molar-refractivity contribution in [3.63, 3.8) is 0 Å². The standard InChI is InChI=1S/C15H17F3O3/c1-10(21-13-4-2-3-9-20-13)14(19)11-5-7-12(8-6-11)15(16,17)18/h5-8,10,13H,2-4,9H2,1H3/t10-,13?/m1/s1. The van der Waals surface area contributed by atoms with Gasteiger partial charge in [0, 0.05) is 12.2 Å². The van der Waals surface area contributed by atoms with Crippen molar-refractivity contribution < 1.29 is 27.4 Å². The van der Waals surface area contributed by atoms with Crippen molar-refractivity contribution in [3.05, 3.63) is 35.4 Å². The summed E-state index contributed by atoms with van der Waals surface area (Å²) in [5.74, 6) is -0.349. The summed E-state index contributed by atoms with van der Waals surface area (Å²) >= 11 is 0. The second-order valence-corrected chi connectivity index (χ2v) is 5.01. The molecule has 0 bridgehead atoms. The molecule has 2 rings (SSSR count). The van der Waals surface area contributed by atoms with E-state index in [1.807, 2.05) is 0 Å². The molecule has 1 aliphatic rings. The van der Waals surface area contributed by atoms with Gasteiger partial charge in [0.2, 0.25) is 0 Å². The second kappa shape index (κ2) is 6.58. The van der Waals surface area contributed by atoms with Gasteiger partial charge in [0.05, 0.1) is 5.56 Å². The zero-order valence-corrected chi connectivity index (χ0v) is 11.7. The Morgan fingerprint density at radius 2 is 1.95 bits per heavy atom. The van der Waals surface area contributed by atoms with Crippen LogP contribution in [0.3, 0.4) is 0 Å². The molecule has 1 fully saturated rings. The number of Topliss-reactive ketones (excluding diaryl/α,β-unsaturated/α-hetero) is 1. The summed E-state index contributed by atoms with van der Waals surface area (Å²) in [5.41, 5.74) is -0.574. The molecule has 0 radical (unpaired) electrons. The van der Waals surface area contributed by atoms with Crippen LogP contribution in [-0.4, -0.2) is 24.8 Å². The van der Waals surface area contributed by atoms with Crippen LogP contribution in [0.5, 0.6) is 0 Å². The quantitative estimate of drug-likeness (QED) is 0.793. The van der Waals surface area contributed by atoms with Crippen LogP contribution < -0.4 is 0 Å². The van der Waals surface area contributed by atoms with E-state index in [1.165, 1.54) is 12.1 Å². The van der Waals surface area contributed by atoms with Crippen LogP contribution in [0.25, 0.3) is 0 Å². The fraction of sp³-hybridized carbons (Fsp3) is 0.533. The first kappa shape index (κ1) is 16.0. The van der Waals surface area contributed by atoms with Gasteiger partial charge in [0.25, 0.3) is 0 Å². The van der Waals surface area contributed by atoms with Gasteiger partial charge in [-0.3, -0.25) is 4.79 Å². The minimum absolute atomic E-state index is 0.200. The minimum Gasteiger partial charge on any atom is -0.353 e. The molecule has 1 aromatic carbocycles. The van der Waals surface area contributed by atoms with E-state index in [9.17, 15) is 18.0 Å². The number of ketones is 1. The number of rotatable bonds is 4. The lowest BCUT2D eigenvalue weighted by Gasteiger charge is -2.25. The first-order chi connectivity index (χ1) is 9.88. The third kappa shape index (κ3) is 4.28. The molecule has 21 heavy (non-hydrogen) atoms. The van der Waals surface area contributed by atoms with E-state index in [2.05, 4.69) is 0 Å². The molecule has 0 amide bonds. The molecule has 1 aromatic rings. The molecule has 116 valence electrons. The average Bonchev–Trinajstić information content (AvgIpc) is 2.46. The molecule has 1 heterocycles. The SMILES string of the molecule is C[C@@H](OC1CCCCO1)C(=O)c1ccc(C(F)(F)F)cc1. The van der Waals surface area contributed by atoms with E-state index < -0.39 is 24.1 Å². The highest BCUT2D eigenvalue weighted by atomic mass is 19.4. The van der Waals surface area contributed by atoms with Crippen molar-refractivity contribution in [2.45, 2.75) is 44.8 Å². The van der Waals surface area contributed by atoms with E-state index in [4.69, 9.17) is 9.47 Å². The molecule has 1 saturated heterocycles. The van der Waals surface area contributed by atoms with Gasteiger partial charge in [-0.05, 0) is 38.3 Å². The number of hydrogen-bond acceptors (Lipinski definition) is 3. The zero-order chi connectivity index (χ0) is 15.5. The Hall–Kier alpha value is -1.40. The lowest BCUT2D eigenvalue weighted by molar-refractivity contribution is -0.174. The minimum atomic E-state index is -4.40. The van der Waals surface area contributed by atoms with Crippen LogP contribution in [0.2, 0.25) is 0 Å². The van der Waals surface area contributed by atoms with Gasteiger partial charge >= 0.3 is 6.18 Å². The highest BCUT2D eigenvalue weighted by Crippen LogP contribution is 2.29. The highest BCUT2D eigenvalue weighted by molar-refractivity contribution is 5.99. The molecule has 3 nitrogen and oxygen atoms in total. The van der Waals surface area contributed by atoms with Crippen molar-refractivity contribution in [1.82, 2.24) is 0 Å². The van der Waals surface area contributed by atoms with Crippen LogP contribution >= 0.6 is 0 Å². The first-order valence-electron chi connectivity index (χ1n) is 6.86. The number of alkyl halides is 3. The maximum absolute atomic E-state index is 12.5. The van der Waals surface area contributed by atoms with Gasteiger partial charge in [0.15, 0.2) is 12.1 Å². The number of carbonyl (C=O) groups excluding carboxylic acids is 1. The number of halogens is 3. The summed E-state index contributed by atoms with van der Waals surface area (Å²) in [4.78, 5) is 12.1. The average molecular weight is 302 g/mol. The number of ether oxygens (including phenoxy) is 2. The number of benzene rings is 1. The van der Waals surface area contributed by atoms with Crippen LogP contribution in [0, 0.1) is 0 Å². The summed E-state index contributed by atoms with van der Waals surface area (Å²) in [7, 11) is 0. The Kier molecular flexibility index (Phi) is 5.00. The summed E-state index contributed by atoms with van der Waals surface area (Å²) in [6.45, 7) is 2.18. The summed E-state index contributed by atoms with van der Waals surface area (Å²) in [6, 6.07) is 4.15. The van der Waals surface area contributed by atoms with E-state index in [0.717, 1.165) is 31.4 Å². The lowest BCUT2D eigenvalue weighted by atomic mass is 10.0. The zero-order valence-electron chi connectivity index (χ0n) is 11.7. The van der Waals surface area contributed by atoms with E-state index in [1.54, 1.807) is 6.92 Å². The van der Waals surface area contributed by atoms with Gasteiger partial charge in [-0.15, -0.1) is 0 Å². The van der Waals surface area contributed by atoms with Crippen LogP contribution in [0.4, 0.5) is 13.2 Å². The second-order valence-electron chi connectivity index (χ2n) is 5.01. The third-order valence-electron chi connectivity index (χ3n) is 3.36. The number of carbonyl (C=O) groups is 1. The maximum Gasteiger partial charge on any atom is 0.416 e. The lowest BCUT2D eigenvalue weighted by Crippen LogP contribution is -2.31. The molecular formula is C15H17F3O3. The van der Waals surface area contributed by atoms with E-state index in [-0.39, 0.29) is 11.3 Å². The fourth-order valence-electron chi connectivity index (χ4n) is 2.17. The van der Waals surface area contributed by atoms with Crippen LogP contribution in [-0.2, 0) is 15.7 Å². The summed E-state index contributed by atoms with van der Waals surface area (Å²) in [5, 5.41) is 0. The molecule has 0 saturated carbocycles. The van der Waals surface area contributed by atoms with Crippen molar-refractivity contribution in [3.8, 4) is 0 Å². The molecule has 0 aromatic heterocycles. The largest absolute Gasteiger partial charge is 0.416 e. The number of hydrogen-bond donors (Lipinski definition) is 0. The Labute approximate surface area is 121 Å². The molecular weight excluding hydrogens is 285 g/mol. The van der Waals surface area contributed by atoms with Crippen molar-refractivity contribution in [1.29, 1.82) is 0 Å².